The Labute approximate surface area is 121 Å². The summed E-state index contributed by atoms with van der Waals surface area (Å²) in [6.07, 6.45) is 5.60. The highest BCUT2D eigenvalue weighted by Gasteiger charge is 2.32. The van der Waals surface area contributed by atoms with Gasteiger partial charge in [0.05, 0.1) is 0 Å². The Morgan fingerprint density at radius 2 is 2.11 bits per heavy atom. The summed E-state index contributed by atoms with van der Waals surface area (Å²) >= 11 is 1.91. The van der Waals surface area contributed by atoms with Gasteiger partial charge in [-0.05, 0) is 62.1 Å². The maximum Gasteiger partial charge on any atom is 0.0443 e. The van der Waals surface area contributed by atoms with E-state index in [-0.39, 0.29) is 0 Å². The zero-order chi connectivity index (χ0) is 13.1. The standard InChI is InChI=1S/C16H26N2S/c1-13-6-9-18(10-7-13)11-8-17-16(14-4-5-14)15-3-2-12-19-15/h2-3,12-14,16-17H,4-11H2,1H3. The summed E-state index contributed by atoms with van der Waals surface area (Å²) in [6.45, 7) is 7.36. The van der Waals surface area contributed by atoms with E-state index in [0.717, 1.165) is 18.4 Å². The average Bonchev–Trinajstić information content (AvgIpc) is 3.11. The second-order valence-electron chi connectivity index (χ2n) is 6.31. The molecule has 0 aromatic carbocycles. The molecule has 2 heterocycles. The molecule has 3 heteroatoms. The highest BCUT2D eigenvalue weighted by molar-refractivity contribution is 7.10. The molecule has 1 aromatic rings. The Bertz CT molecular complexity index is 364. The van der Waals surface area contributed by atoms with Gasteiger partial charge in [-0.25, -0.2) is 0 Å². The Kier molecular flexibility index (Phi) is 4.57. The van der Waals surface area contributed by atoms with E-state index >= 15 is 0 Å². The van der Waals surface area contributed by atoms with Crippen LogP contribution in [0.4, 0.5) is 0 Å². The highest BCUT2D eigenvalue weighted by Crippen LogP contribution is 2.42. The number of hydrogen-bond acceptors (Lipinski definition) is 3. The Hall–Kier alpha value is -0.380. The van der Waals surface area contributed by atoms with Gasteiger partial charge >= 0.3 is 0 Å². The fraction of sp³-hybridized carbons (Fsp3) is 0.750. The number of nitrogens with zero attached hydrogens (tertiary/aromatic N) is 1. The van der Waals surface area contributed by atoms with Crippen LogP contribution in [-0.2, 0) is 0 Å². The largest absolute Gasteiger partial charge is 0.308 e. The van der Waals surface area contributed by atoms with Gasteiger partial charge in [-0.2, -0.15) is 0 Å². The molecule has 0 spiro atoms. The van der Waals surface area contributed by atoms with Crippen molar-refractivity contribution in [1.29, 1.82) is 0 Å². The third-order valence-corrected chi connectivity index (χ3v) is 5.57. The molecule has 2 fully saturated rings. The van der Waals surface area contributed by atoms with E-state index in [9.17, 15) is 0 Å². The minimum Gasteiger partial charge on any atom is -0.308 e. The van der Waals surface area contributed by atoms with Crippen LogP contribution in [0.15, 0.2) is 17.5 Å². The predicted molar refractivity (Wildman–Crippen MR) is 82.6 cm³/mol. The van der Waals surface area contributed by atoms with Gasteiger partial charge in [0.2, 0.25) is 0 Å². The van der Waals surface area contributed by atoms with Gasteiger partial charge in [-0.15, -0.1) is 11.3 Å². The van der Waals surface area contributed by atoms with E-state index in [2.05, 4.69) is 34.7 Å². The molecular formula is C16H26N2S. The molecule has 106 valence electrons. The summed E-state index contributed by atoms with van der Waals surface area (Å²) in [4.78, 5) is 4.17. The van der Waals surface area contributed by atoms with Crippen molar-refractivity contribution >= 4 is 11.3 Å². The zero-order valence-corrected chi connectivity index (χ0v) is 12.8. The second-order valence-corrected chi connectivity index (χ2v) is 7.29. The quantitative estimate of drug-likeness (QED) is 0.856. The molecule has 0 amide bonds. The number of piperidine rings is 1. The molecule has 1 atom stereocenters. The molecule has 1 aliphatic carbocycles. The van der Waals surface area contributed by atoms with E-state index in [1.54, 1.807) is 0 Å². The summed E-state index contributed by atoms with van der Waals surface area (Å²) in [6, 6.07) is 5.11. The predicted octanol–water partition coefficient (Wildman–Crippen LogP) is 3.52. The first kappa shape index (κ1) is 13.6. The molecule has 0 bridgehead atoms. The SMILES string of the molecule is CC1CCN(CCNC(c2cccs2)C2CC2)CC1. The van der Waals surface area contributed by atoms with Crippen LogP contribution in [0, 0.1) is 11.8 Å². The van der Waals surface area contributed by atoms with Crippen LogP contribution in [0.3, 0.4) is 0 Å². The minimum atomic E-state index is 0.628. The van der Waals surface area contributed by atoms with Gasteiger partial charge < -0.3 is 10.2 Å². The fourth-order valence-electron chi connectivity index (χ4n) is 3.06. The van der Waals surface area contributed by atoms with E-state index in [1.807, 2.05) is 11.3 Å². The van der Waals surface area contributed by atoms with E-state index in [0.29, 0.717) is 6.04 Å². The van der Waals surface area contributed by atoms with Crippen molar-refractivity contribution < 1.29 is 0 Å². The van der Waals surface area contributed by atoms with Crippen LogP contribution in [-0.4, -0.2) is 31.1 Å². The third kappa shape index (κ3) is 3.80. The lowest BCUT2D eigenvalue weighted by Gasteiger charge is -2.30. The molecule has 2 nitrogen and oxygen atoms in total. The van der Waals surface area contributed by atoms with Crippen molar-refractivity contribution in [3.63, 3.8) is 0 Å². The zero-order valence-electron chi connectivity index (χ0n) is 12.0. The first-order valence-corrected chi connectivity index (χ1v) is 8.70. The molecule has 19 heavy (non-hydrogen) atoms. The molecule has 1 N–H and O–H groups in total. The monoisotopic (exact) mass is 278 g/mol. The van der Waals surface area contributed by atoms with E-state index in [4.69, 9.17) is 0 Å². The summed E-state index contributed by atoms with van der Waals surface area (Å²) < 4.78 is 0. The number of likely N-dealkylation sites (tertiary alicyclic amines) is 1. The lowest BCUT2D eigenvalue weighted by molar-refractivity contribution is 0.190. The van der Waals surface area contributed by atoms with Crippen molar-refractivity contribution in [1.82, 2.24) is 10.2 Å². The van der Waals surface area contributed by atoms with Crippen LogP contribution >= 0.6 is 11.3 Å². The normalized spacial score (nSPS) is 23.6. The van der Waals surface area contributed by atoms with Crippen molar-refractivity contribution in [2.75, 3.05) is 26.2 Å². The van der Waals surface area contributed by atoms with Gasteiger partial charge in [0.15, 0.2) is 0 Å². The van der Waals surface area contributed by atoms with Crippen LogP contribution < -0.4 is 5.32 Å². The first-order chi connectivity index (χ1) is 9.33. The number of nitrogens with one attached hydrogen (secondary N) is 1. The molecule has 1 aliphatic heterocycles. The first-order valence-electron chi connectivity index (χ1n) is 7.82. The summed E-state index contributed by atoms with van der Waals surface area (Å²) in [5, 5.41) is 6.02. The van der Waals surface area contributed by atoms with Crippen molar-refractivity contribution in [3.8, 4) is 0 Å². The maximum absolute atomic E-state index is 3.81. The number of rotatable bonds is 6. The van der Waals surface area contributed by atoms with E-state index < -0.39 is 0 Å². The third-order valence-electron chi connectivity index (χ3n) is 4.61. The van der Waals surface area contributed by atoms with Crippen LogP contribution in [0.2, 0.25) is 0 Å². The smallest absolute Gasteiger partial charge is 0.0443 e. The van der Waals surface area contributed by atoms with E-state index in [1.165, 1.54) is 50.2 Å². The van der Waals surface area contributed by atoms with Crippen LogP contribution in [0.1, 0.15) is 43.5 Å². The molecular weight excluding hydrogens is 252 g/mol. The Morgan fingerprint density at radius 1 is 1.32 bits per heavy atom. The van der Waals surface area contributed by atoms with Crippen molar-refractivity contribution in [2.45, 2.75) is 38.6 Å². The van der Waals surface area contributed by atoms with Crippen LogP contribution in [0.25, 0.3) is 0 Å². The molecule has 1 saturated carbocycles. The number of thiophene rings is 1. The summed E-state index contributed by atoms with van der Waals surface area (Å²) in [5.74, 6) is 1.84. The second kappa shape index (κ2) is 6.38. The average molecular weight is 278 g/mol. The molecule has 0 radical (unpaired) electrons. The van der Waals surface area contributed by atoms with Gasteiger partial charge in [0.1, 0.15) is 0 Å². The lowest BCUT2D eigenvalue weighted by atomic mass is 9.99. The van der Waals surface area contributed by atoms with Crippen LogP contribution in [0.5, 0.6) is 0 Å². The lowest BCUT2D eigenvalue weighted by Crippen LogP contribution is -2.38. The fourth-order valence-corrected chi connectivity index (χ4v) is 3.95. The molecule has 1 unspecified atom stereocenters. The molecule has 1 saturated heterocycles. The van der Waals surface area contributed by atoms with Gasteiger partial charge in [0, 0.05) is 24.0 Å². The topological polar surface area (TPSA) is 15.3 Å². The van der Waals surface area contributed by atoms with Gasteiger partial charge in [-0.3, -0.25) is 0 Å². The van der Waals surface area contributed by atoms with Gasteiger partial charge in [-0.1, -0.05) is 13.0 Å². The minimum absolute atomic E-state index is 0.628. The Balaban J connectivity index is 1.43. The highest BCUT2D eigenvalue weighted by atomic mass is 32.1. The Morgan fingerprint density at radius 3 is 2.74 bits per heavy atom. The van der Waals surface area contributed by atoms with Crippen molar-refractivity contribution in [2.24, 2.45) is 11.8 Å². The molecule has 1 aromatic heterocycles. The number of hydrogen-bond donors (Lipinski definition) is 1. The van der Waals surface area contributed by atoms with Gasteiger partial charge in [0.25, 0.3) is 0 Å². The molecule has 2 aliphatic rings. The molecule has 3 rings (SSSR count). The maximum atomic E-state index is 3.81. The summed E-state index contributed by atoms with van der Waals surface area (Å²) in [7, 11) is 0. The van der Waals surface area contributed by atoms with Crippen molar-refractivity contribution in [3.05, 3.63) is 22.4 Å². The summed E-state index contributed by atoms with van der Waals surface area (Å²) in [5.41, 5.74) is 0.